The Balaban J connectivity index is 2.87. The Kier molecular flexibility index (Phi) is 4.62. The largest absolute Gasteiger partial charge is 0.298 e. The normalized spacial score (nSPS) is 10.1. The van der Waals surface area contributed by atoms with Gasteiger partial charge in [0.05, 0.1) is 5.33 Å². The van der Waals surface area contributed by atoms with E-state index in [4.69, 9.17) is 0 Å². The summed E-state index contributed by atoms with van der Waals surface area (Å²) in [5.41, 5.74) is 1.01. The molecule has 0 aliphatic carbocycles. The summed E-state index contributed by atoms with van der Waals surface area (Å²) >= 11 is 9.90. The van der Waals surface area contributed by atoms with Crippen LogP contribution >= 0.6 is 47.8 Å². The molecule has 0 saturated carbocycles. The molecule has 70 valence electrons. The van der Waals surface area contributed by atoms with Crippen molar-refractivity contribution in [2.75, 3.05) is 5.33 Å². The van der Waals surface area contributed by atoms with Crippen LogP contribution in [0.15, 0.2) is 27.1 Å². The molecule has 1 nitrogen and oxygen atoms in total. The molecule has 1 rings (SSSR count). The van der Waals surface area contributed by atoms with E-state index in [-0.39, 0.29) is 5.78 Å². The van der Waals surface area contributed by atoms with Crippen LogP contribution in [0.3, 0.4) is 0 Å². The van der Waals surface area contributed by atoms with E-state index >= 15 is 0 Å². The average molecular weight is 371 g/mol. The van der Waals surface area contributed by atoms with E-state index < -0.39 is 0 Å². The Bertz CT molecular complexity index is 323. The van der Waals surface area contributed by atoms with Gasteiger partial charge in [0.25, 0.3) is 0 Å². The number of carbonyl (C=O) groups is 1. The van der Waals surface area contributed by atoms with Crippen molar-refractivity contribution in [2.45, 2.75) is 6.42 Å². The van der Waals surface area contributed by atoms with Crippen molar-refractivity contribution in [2.24, 2.45) is 0 Å². The highest BCUT2D eigenvalue weighted by atomic mass is 79.9. The smallest absolute Gasteiger partial charge is 0.147 e. The predicted molar refractivity (Wildman–Crippen MR) is 64.3 cm³/mol. The first-order valence-corrected chi connectivity index (χ1v) is 6.36. The number of Topliss-reactive ketones (excluding diaryl/α,β-unsaturated/α-hetero) is 1. The van der Waals surface area contributed by atoms with Crippen molar-refractivity contribution in [3.8, 4) is 0 Å². The fourth-order valence-electron chi connectivity index (χ4n) is 0.938. The van der Waals surface area contributed by atoms with Gasteiger partial charge in [-0.25, -0.2) is 0 Å². The van der Waals surface area contributed by atoms with Gasteiger partial charge in [-0.1, -0.05) is 47.8 Å². The van der Waals surface area contributed by atoms with Crippen LogP contribution in [0.2, 0.25) is 0 Å². The zero-order valence-corrected chi connectivity index (χ0v) is 11.4. The molecule has 13 heavy (non-hydrogen) atoms. The molecule has 0 unspecified atom stereocenters. The number of rotatable bonds is 3. The molecule has 0 heterocycles. The maximum Gasteiger partial charge on any atom is 0.147 e. The number of carbonyl (C=O) groups excluding carboxylic acids is 1. The minimum absolute atomic E-state index is 0.179. The van der Waals surface area contributed by atoms with E-state index in [9.17, 15) is 4.79 Å². The van der Waals surface area contributed by atoms with E-state index in [1.807, 2.05) is 18.2 Å². The quantitative estimate of drug-likeness (QED) is 0.741. The van der Waals surface area contributed by atoms with Gasteiger partial charge in [0.1, 0.15) is 5.78 Å². The minimum atomic E-state index is 0.179. The van der Waals surface area contributed by atoms with Crippen molar-refractivity contribution < 1.29 is 4.79 Å². The molecule has 0 bridgehead atoms. The summed E-state index contributed by atoms with van der Waals surface area (Å²) in [5, 5.41) is 0.409. The van der Waals surface area contributed by atoms with Crippen LogP contribution in [0, 0.1) is 0 Å². The van der Waals surface area contributed by atoms with Gasteiger partial charge >= 0.3 is 0 Å². The highest BCUT2D eigenvalue weighted by Gasteiger charge is 2.05. The van der Waals surface area contributed by atoms with Crippen LogP contribution in [0.1, 0.15) is 5.56 Å². The van der Waals surface area contributed by atoms with Crippen molar-refractivity contribution in [1.29, 1.82) is 0 Å². The zero-order chi connectivity index (χ0) is 9.84. The van der Waals surface area contributed by atoms with E-state index in [1.54, 1.807) is 0 Å². The van der Waals surface area contributed by atoms with Gasteiger partial charge in [-0.3, -0.25) is 4.79 Å². The van der Waals surface area contributed by atoms with Crippen molar-refractivity contribution in [1.82, 2.24) is 0 Å². The predicted octanol–water partition coefficient (Wildman–Crippen LogP) is 3.72. The molecular formula is C9H7Br3O. The molecule has 0 aliphatic heterocycles. The molecule has 0 aromatic heterocycles. The monoisotopic (exact) mass is 368 g/mol. The first-order valence-electron chi connectivity index (χ1n) is 3.65. The molecule has 0 atom stereocenters. The number of hydrogen-bond acceptors (Lipinski definition) is 1. The van der Waals surface area contributed by atoms with Gasteiger partial charge in [-0.2, -0.15) is 0 Å². The second kappa shape index (κ2) is 5.27. The summed E-state index contributed by atoms with van der Waals surface area (Å²) in [6.45, 7) is 0. The fourth-order valence-corrected chi connectivity index (χ4v) is 1.93. The van der Waals surface area contributed by atoms with Gasteiger partial charge in [0.2, 0.25) is 0 Å². The molecule has 0 aliphatic rings. The van der Waals surface area contributed by atoms with E-state index in [0.29, 0.717) is 11.8 Å². The van der Waals surface area contributed by atoms with Crippen molar-refractivity contribution in [3.63, 3.8) is 0 Å². The van der Waals surface area contributed by atoms with Crippen LogP contribution in [0.4, 0.5) is 0 Å². The van der Waals surface area contributed by atoms with Gasteiger partial charge in [-0.05, 0) is 23.8 Å². The fraction of sp³-hybridized carbons (Fsp3) is 0.222. The van der Waals surface area contributed by atoms with Gasteiger partial charge < -0.3 is 0 Å². The lowest BCUT2D eigenvalue weighted by molar-refractivity contribution is -0.115. The molecule has 0 fully saturated rings. The lowest BCUT2D eigenvalue weighted by Crippen LogP contribution is -2.03. The minimum Gasteiger partial charge on any atom is -0.298 e. The maximum atomic E-state index is 11.2. The summed E-state index contributed by atoms with van der Waals surface area (Å²) in [7, 11) is 0. The molecule has 0 saturated heterocycles. The van der Waals surface area contributed by atoms with E-state index in [1.165, 1.54) is 0 Å². The highest BCUT2D eigenvalue weighted by Crippen LogP contribution is 2.22. The molecule has 0 spiro atoms. The number of alkyl halides is 1. The van der Waals surface area contributed by atoms with Crippen LogP contribution in [0.5, 0.6) is 0 Å². The SMILES string of the molecule is O=C(CBr)Cc1cc(Br)ccc1Br. The van der Waals surface area contributed by atoms with Crippen LogP contribution < -0.4 is 0 Å². The number of halogens is 3. The molecule has 1 aromatic carbocycles. The Hall–Kier alpha value is 0.330. The lowest BCUT2D eigenvalue weighted by atomic mass is 10.1. The van der Waals surface area contributed by atoms with Gasteiger partial charge in [0.15, 0.2) is 0 Å². The Morgan fingerprint density at radius 1 is 1.31 bits per heavy atom. The third kappa shape index (κ3) is 3.52. The second-order valence-electron chi connectivity index (χ2n) is 2.58. The number of hydrogen-bond donors (Lipinski definition) is 0. The van der Waals surface area contributed by atoms with Crippen LogP contribution in [-0.4, -0.2) is 11.1 Å². The Labute approximate surface area is 102 Å². The topological polar surface area (TPSA) is 17.1 Å². The third-order valence-electron chi connectivity index (χ3n) is 1.54. The van der Waals surface area contributed by atoms with E-state index in [0.717, 1.165) is 14.5 Å². The summed E-state index contributed by atoms with van der Waals surface area (Å²) in [5.74, 6) is 0.179. The maximum absolute atomic E-state index is 11.2. The third-order valence-corrected chi connectivity index (χ3v) is 3.44. The molecule has 1 aromatic rings. The summed E-state index contributed by atoms with van der Waals surface area (Å²) in [6.07, 6.45) is 0.464. The average Bonchev–Trinajstić information content (AvgIpc) is 2.11. The Morgan fingerprint density at radius 2 is 2.00 bits per heavy atom. The second-order valence-corrected chi connectivity index (χ2v) is 4.92. The van der Waals surface area contributed by atoms with E-state index in [2.05, 4.69) is 47.8 Å². The molecule has 4 heteroatoms. The zero-order valence-electron chi connectivity index (χ0n) is 6.69. The lowest BCUT2D eigenvalue weighted by Gasteiger charge is -2.02. The van der Waals surface area contributed by atoms with Crippen LogP contribution in [-0.2, 0) is 11.2 Å². The summed E-state index contributed by atoms with van der Waals surface area (Å²) < 4.78 is 1.97. The molecular weight excluding hydrogens is 364 g/mol. The molecule has 0 N–H and O–H groups in total. The van der Waals surface area contributed by atoms with Gasteiger partial charge in [0, 0.05) is 15.4 Å². The number of ketones is 1. The molecule has 0 amide bonds. The Morgan fingerprint density at radius 3 is 2.62 bits per heavy atom. The first kappa shape index (κ1) is 11.4. The summed E-state index contributed by atoms with van der Waals surface area (Å²) in [4.78, 5) is 11.2. The molecule has 0 radical (unpaired) electrons. The van der Waals surface area contributed by atoms with Gasteiger partial charge in [-0.15, -0.1) is 0 Å². The summed E-state index contributed by atoms with van der Waals surface area (Å²) in [6, 6.07) is 5.82. The van der Waals surface area contributed by atoms with Crippen LogP contribution in [0.25, 0.3) is 0 Å². The highest BCUT2D eigenvalue weighted by molar-refractivity contribution is 9.11. The number of benzene rings is 1. The van der Waals surface area contributed by atoms with Crippen molar-refractivity contribution in [3.05, 3.63) is 32.7 Å². The first-order chi connectivity index (χ1) is 6.13. The standard InChI is InChI=1S/C9H7Br3O/c10-5-8(13)4-6-3-7(11)1-2-9(6)12/h1-3H,4-5H2. The van der Waals surface area contributed by atoms with Crippen molar-refractivity contribution >= 4 is 53.6 Å².